The average Bonchev–Trinajstić information content (AvgIpc) is 3.33. The Balaban J connectivity index is 1.36. The molecule has 2 bridgehead atoms. The molecule has 0 aromatic heterocycles. The van der Waals surface area contributed by atoms with Gasteiger partial charge in [0.05, 0.1) is 18.8 Å². The van der Waals surface area contributed by atoms with Gasteiger partial charge < -0.3 is 19.7 Å². The van der Waals surface area contributed by atoms with Crippen LogP contribution in [0.4, 0.5) is 4.39 Å². The number of hydrogen-bond donors (Lipinski definition) is 1. The van der Waals surface area contributed by atoms with Gasteiger partial charge in [0.25, 0.3) is 0 Å². The van der Waals surface area contributed by atoms with E-state index < -0.39 is 0 Å². The van der Waals surface area contributed by atoms with Crippen molar-refractivity contribution >= 4 is 5.96 Å². The Kier molecular flexibility index (Phi) is 5.02. The van der Waals surface area contributed by atoms with Crippen LogP contribution >= 0.6 is 0 Å². The van der Waals surface area contributed by atoms with Gasteiger partial charge in [-0.25, -0.2) is 9.38 Å². The number of nitrogens with zero attached hydrogens (tertiary/aromatic N) is 2. The number of rotatable bonds is 5. The molecule has 1 N–H and O–H groups in total. The van der Waals surface area contributed by atoms with Gasteiger partial charge >= 0.3 is 0 Å². The summed E-state index contributed by atoms with van der Waals surface area (Å²) in [5, 5.41) is 3.42. The lowest BCUT2D eigenvalue weighted by molar-refractivity contribution is 0.0767. The Labute approximate surface area is 154 Å². The number of benzene rings is 1. The van der Waals surface area contributed by atoms with Crippen LogP contribution in [0, 0.1) is 17.7 Å². The summed E-state index contributed by atoms with van der Waals surface area (Å²) in [6.45, 7) is 7.56. The van der Waals surface area contributed by atoms with Gasteiger partial charge in [0, 0.05) is 31.5 Å². The quantitative estimate of drug-likeness (QED) is 0.647. The third-order valence-corrected chi connectivity index (χ3v) is 5.74. The molecule has 6 heteroatoms. The van der Waals surface area contributed by atoms with Gasteiger partial charge in [0.15, 0.2) is 5.96 Å². The molecular weight excluding hydrogens is 333 g/mol. The first-order valence-corrected chi connectivity index (χ1v) is 9.75. The molecule has 0 radical (unpaired) electrons. The number of hydrogen-bond acceptors (Lipinski definition) is 3. The molecule has 1 aromatic carbocycles. The van der Waals surface area contributed by atoms with Crippen LogP contribution in [0.15, 0.2) is 29.3 Å². The molecule has 142 valence electrons. The van der Waals surface area contributed by atoms with E-state index in [1.807, 2.05) is 6.92 Å². The van der Waals surface area contributed by atoms with Crippen LogP contribution in [0.5, 0.6) is 5.75 Å². The minimum atomic E-state index is -0.255. The molecule has 0 amide bonds. The normalized spacial score (nSPS) is 31.2. The van der Waals surface area contributed by atoms with E-state index in [2.05, 4.69) is 17.1 Å². The van der Waals surface area contributed by atoms with Crippen LogP contribution in [0.3, 0.4) is 0 Å². The van der Waals surface area contributed by atoms with Crippen molar-refractivity contribution in [2.75, 3.05) is 26.2 Å². The molecule has 3 saturated heterocycles. The smallest absolute Gasteiger partial charge is 0.194 e. The van der Waals surface area contributed by atoms with Crippen molar-refractivity contribution < 1.29 is 13.9 Å². The van der Waals surface area contributed by atoms with E-state index in [1.165, 1.54) is 25.0 Å². The van der Waals surface area contributed by atoms with E-state index in [-0.39, 0.29) is 11.9 Å². The molecule has 1 aromatic rings. The predicted molar refractivity (Wildman–Crippen MR) is 98.9 cm³/mol. The Hall–Kier alpha value is -1.82. The second-order valence-corrected chi connectivity index (χ2v) is 7.60. The van der Waals surface area contributed by atoms with Crippen LogP contribution in [0.25, 0.3) is 0 Å². The summed E-state index contributed by atoms with van der Waals surface area (Å²) in [4.78, 5) is 7.18. The van der Waals surface area contributed by atoms with E-state index in [9.17, 15) is 4.39 Å². The van der Waals surface area contributed by atoms with Gasteiger partial charge in [-0.1, -0.05) is 0 Å². The number of halogens is 1. The number of likely N-dealkylation sites (tertiary alicyclic amines) is 1. The molecule has 26 heavy (non-hydrogen) atoms. The highest BCUT2D eigenvalue weighted by Crippen LogP contribution is 2.47. The van der Waals surface area contributed by atoms with Gasteiger partial charge in [-0.3, -0.25) is 0 Å². The lowest BCUT2D eigenvalue weighted by Crippen LogP contribution is -2.42. The number of ether oxygens (including phenoxy) is 2. The fourth-order valence-corrected chi connectivity index (χ4v) is 4.56. The van der Waals surface area contributed by atoms with E-state index in [0.717, 1.165) is 25.6 Å². The molecule has 3 heterocycles. The van der Waals surface area contributed by atoms with E-state index >= 15 is 0 Å². The summed E-state index contributed by atoms with van der Waals surface area (Å²) < 4.78 is 24.9. The van der Waals surface area contributed by atoms with Gasteiger partial charge in [-0.15, -0.1) is 0 Å². The average molecular weight is 361 g/mol. The van der Waals surface area contributed by atoms with Crippen molar-refractivity contribution in [3.8, 4) is 5.75 Å². The Morgan fingerprint density at radius 2 is 1.92 bits per heavy atom. The minimum absolute atomic E-state index is 0.0734. The predicted octanol–water partition coefficient (Wildman–Crippen LogP) is 2.67. The Bertz CT molecular complexity index is 633. The van der Waals surface area contributed by atoms with Crippen molar-refractivity contribution in [1.29, 1.82) is 0 Å². The van der Waals surface area contributed by atoms with Crippen LogP contribution < -0.4 is 10.1 Å². The highest BCUT2D eigenvalue weighted by Gasteiger charge is 2.53. The van der Waals surface area contributed by atoms with Crippen molar-refractivity contribution in [3.05, 3.63) is 30.1 Å². The van der Waals surface area contributed by atoms with Crippen LogP contribution in [-0.4, -0.2) is 55.4 Å². The Morgan fingerprint density at radius 1 is 1.27 bits per heavy atom. The first-order valence-electron chi connectivity index (χ1n) is 9.75. The molecule has 0 aliphatic carbocycles. The first kappa shape index (κ1) is 17.6. The molecule has 0 saturated carbocycles. The SMILES string of the molecule is CCNC(=NCC(C)Oc1ccc(F)cc1)N1CC2C3CCC(O3)C2C1. The van der Waals surface area contributed by atoms with Crippen LogP contribution in [0.2, 0.25) is 0 Å². The van der Waals surface area contributed by atoms with Gasteiger partial charge in [-0.05, 0) is 51.0 Å². The first-order chi connectivity index (χ1) is 12.6. The number of fused-ring (bicyclic) bond motifs is 5. The maximum absolute atomic E-state index is 13.0. The second-order valence-electron chi connectivity index (χ2n) is 7.60. The summed E-state index contributed by atoms with van der Waals surface area (Å²) >= 11 is 0. The highest BCUT2D eigenvalue weighted by atomic mass is 19.1. The molecular formula is C20H28FN3O2. The number of aliphatic imine (C=N–C) groups is 1. The maximum Gasteiger partial charge on any atom is 0.194 e. The summed E-state index contributed by atoms with van der Waals surface area (Å²) in [6, 6.07) is 6.12. The minimum Gasteiger partial charge on any atom is -0.489 e. The molecule has 0 spiro atoms. The fraction of sp³-hybridized carbons (Fsp3) is 0.650. The highest BCUT2D eigenvalue weighted by molar-refractivity contribution is 5.80. The lowest BCUT2D eigenvalue weighted by atomic mass is 9.82. The third kappa shape index (κ3) is 3.52. The van der Waals surface area contributed by atoms with Crippen molar-refractivity contribution in [2.24, 2.45) is 16.8 Å². The van der Waals surface area contributed by atoms with Gasteiger partial charge in [-0.2, -0.15) is 0 Å². The van der Waals surface area contributed by atoms with E-state index in [0.29, 0.717) is 36.3 Å². The molecule has 5 atom stereocenters. The monoisotopic (exact) mass is 361 g/mol. The molecule has 3 aliphatic rings. The van der Waals surface area contributed by atoms with Crippen molar-refractivity contribution in [3.63, 3.8) is 0 Å². The molecule has 4 rings (SSSR count). The van der Waals surface area contributed by atoms with E-state index in [1.54, 1.807) is 12.1 Å². The maximum atomic E-state index is 13.0. The third-order valence-electron chi connectivity index (χ3n) is 5.74. The van der Waals surface area contributed by atoms with E-state index in [4.69, 9.17) is 14.5 Å². The topological polar surface area (TPSA) is 46.1 Å². The van der Waals surface area contributed by atoms with Crippen LogP contribution in [-0.2, 0) is 4.74 Å². The summed E-state index contributed by atoms with van der Waals surface area (Å²) in [7, 11) is 0. The molecule has 3 aliphatic heterocycles. The van der Waals surface area contributed by atoms with Gasteiger partial charge in [0.1, 0.15) is 17.7 Å². The molecule has 5 unspecified atom stereocenters. The Morgan fingerprint density at radius 3 is 2.54 bits per heavy atom. The molecule has 3 fully saturated rings. The number of guanidine groups is 1. The van der Waals surface area contributed by atoms with Gasteiger partial charge in [0.2, 0.25) is 0 Å². The zero-order chi connectivity index (χ0) is 18.1. The van der Waals surface area contributed by atoms with Crippen molar-refractivity contribution in [2.45, 2.75) is 45.0 Å². The summed E-state index contributed by atoms with van der Waals surface area (Å²) in [5.74, 6) is 2.70. The zero-order valence-electron chi connectivity index (χ0n) is 15.5. The largest absolute Gasteiger partial charge is 0.489 e. The summed E-state index contributed by atoms with van der Waals surface area (Å²) in [6.07, 6.45) is 3.28. The van der Waals surface area contributed by atoms with Crippen LogP contribution in [0.1, 0.15) is 26.7 Å². The summed E-state index contributed by atoms with van der Waals surface area (Å²) in [5.41, 5.74) is 0. The standard InChI is InChI=1S/C20H28FN3O2/c1-3-22-20(23-10-13(2)25-15-6-4-14(21)5-7-15)24-11-16-17(12-24)19-9-8-18(16)26-19/h4-7,13,16-19H,3,8-12H2,1-2H3,(H,22,23). The second kappa shape index (κ2) is 7.43. The molecule has 5 nitrogen and oxygen atoms in total. The fourth-order valence-electron chi connectivity index (χ4n) is 4.56. The number of nitrogens with one attached hydrogen (secondary N) is 1. The zero-order valence-corrected chi connectivity index (χ0v) is 15.5. The lowest BCUT2D eigenvalue weighted by Gasteiger charge is -2.24. The van der Waals surface area contributed by atoms with Crippen molar-refractivity contribution in [1.82, 2.24) is 10.2 Å².